The zero-order valence-electron chi connectivity index (χ0n) is 14.5. The Morgan fingerprint density at radius 1 is 1.20 bits per heavy atom. The summed E-state index contributed by atoms with van der Waals surface area (Å²) in [6, 6.07) is 14.9. The Balaban J connectivity index is 1.59. The van der Waals surface area contributed by atoms with E-state index in [-0.39, 0.29) is 12.0 Å². The molecule has 0 aromatic heterocycles. The van der Waals surface area contributed by atoms with Gasteiger partial charge in [-0.05, 0) is 61.4 Å². The van der Waals surface area contributed by atoms with Crippen LogP contribution in [-0.4, -0.2) is 18.6 Å². The molecule has 1 N–H and O–H groups in total. The van der Waals surface area contributed by atoms with E-state index in [1.807, 2.05) is 24.3 Å². The van der Waals surface area contributed by atoms with Gasteiger partial charge in [-0.2, -0.15) is 0 Å². The van der Waals surface area contributed by atoms with E-state index in [0.29, 0.717) is 22.4 Å². The number of rotatable bonds is 4. The molecule has 3 rings (SSSR count). The molecule has 130 valence electrons. The van der Waals surface area contributed by atoms with Crippen molar-refractivity contribution in [3.05, 3.63) is 71.1 Å². The fourth-order valence-corrected chi connectivity index (χ4v) is 3.16. The first-order valence-electron chi connectivity index (χ1n) is 8.55. The number of carbonyl (C=O) groups is 1. The summed E-state index contributed by atoms with van der Waals surface area (Å²) in [5.41, 5.74) is 2.43. The highest BCUT2D eigenvalue weighted by molar-refractivity contribution is 6.34. The zero-order chi connectivity index (χ0) is 17.8. The largest absolute Gasteiger partial charge is 0.378 e. The molecule has 2 aromatic rings. The van der Waals surface area contributed by atoms with E-state index in [2.05, 4.69) is 25.6 Å². The highest BCUT2D eigenvalue weighted by Gasteiger charge is 2.25. The number of ether oxygens (including phenoxy) is 1. The maximum absolute atomic E-state index is 12.3. The molecule has 0 aliphatic carbocycles. The second-order valence-corrected chi connectivity index (χ2v) is 6.93. The number of anilines is 1. The number of carbonyl (C=O) groups excluding carboxylic acids is 1. The van der Waals surface area contributed by atoms with E-state index >= 15 is 0 Å². The minimum absolute atomic E-state index is 0.205. The smallest absolute Gasteiger partial charge is 0.257 e. The van der Waals surface area contributed by atoms with Crippen molar-refractivity contribution in [1.29, 1.82) is 0 Å². The molecule has 2 radical (unpaired) electrons. The number of halogens is 1. The molecule has 3 nitrogen and oxygen atoms in total. The van der Waals surface area contributed by atoms with Gasteiger partial charge in [0.1, 0.15) is 0 Å². The highest BCUT2D eigenvalue weighted by Crippen LogP contribution is 2.26. The molecule has 4 heteroatoms. The van der Waals surface area contributed by atoms with Gasteiger partial charge < -0.3 is 10.1 Å². The molecule has 3 atom stereocenters. The predicted molar refractivity (Wildman–Crippen MR) is 101 cm³/mol. The summed E-state index contributed by atoms with van der Waals surface area (Å²) in [5, 5.41) is 3.33. The van der Waals surface area contributed by atoms with Gasteiger partial charge in [0.2, 0.25) is 0 Å². The monoisotopic (exact) mass is 355 g/mol. The second kappa shape index (κ2) is 8.03. The summed E-state index contributed by atoms with van der Waals surface area (Å²) in [4.78, 5) is 12.3. The van der Waals surface area contributed by atoms with Gasteiger partial charge in [-0.1, -0.05) is 42.8 Å². The van der Waals surface area contributed by atoms with Gasteiger partial charge in [0, 0.05) is 5.69 Å². The van der Waals surface area contributed by atoms with Crippen LogP contribution in [0, 0.1) is 18.3 Å². The van der Waals surface area contributed by atoms with Gasteiger partial charge in [0.25, 0.3) is 5.91 Å². The van der Waals surface area contributed by atoms with Crippen LogP contribution < -0.4 is 5.32 Å². The van der Waals surface area contributed by atoms with Crippen molar-refractivity contribution in [3.8, 4) is 0 Å². The molecule has 1 aliphatic rings. The first-order valence-corrected chi connectivity index (χ1v) is 8.93. The van der Waals surface area contributed by atoms with Crippen LogP contribution in [-0.2, 0) is 11.2 Å². The molecular weight excluding hydrogens is 334 g/mol. The average Bonchev–Trinajstić information content (AvgIpc) is 2.60. The Kier molecular flexibility index (Phi) is 5.77. The van der Waals surface area contributed by atoms with Gasteiger partial charge in [0.15, 0.2) is 0 Å². The minimum Gasteiger partial charge on any atom is -0.378 e. The molecule has 3 unspecified atom stereocenters. The maximum Gasteiger partial charge on any atom is 0.257 e. The molecule has 0 spiro atoms. The summed E-state index contributed by atoms with van der Waals surface area (Å²) in [7, 11) is 0. The summed E-state index contributed by atoms with van der Waals surface area (Å²) >= 11 is 6.06. The van der Waals surface area contributed by atoms with Crippen molar-refractivity contribution in [3.63, 3.8) is 0 Å². The third kappa shape index (κ3) is 4.62. The number of hydrogen-bond donors (Lipinski definition) is 1. The molecule has 1 amide bonds. The van der Waals surface area contributed by atoms with Crippen LogP contribution in [0.4, 0.5) is 5.69 Å². The first kappa shape index (κ1) is 18.0. The molecule has 0 bridgehead atoms. The fraction of sp³-hybridized carbons (Fsp3) is 0.333. The van der Waals surface area contributed by atoms with Crippen molar-refractivity contribution in [1.82, 2.24) is 0 Å². The molecule has 25 heavy (non-hydrogen) atoms. The lowest BCUT2D eigenvalue weighted by molar-refractivity contribution is -0.0112. The van der Waals surface area contributed by atoms with Crippen LogP contribution in [0.1, 0.15) is 29.8 Å². The quantitative estimate of drug-likeness (QED) is 0.848. The fourth-order valence-electron chi connectivity index (χ4n) is 2.94. The lowest BCUT2D eigenvalue weighted by Gasteiger charge is -2.31. The van der Waals surface area contributed by atoms with E-state index in [1.54, 1.807) is 24.3 Å². The summed E-state index contributed by atoms with van der Waals surface area (Å²) in [5.74, 6) is 0.464. The van der Waals surface area contributed by atoms with Crippen molar-refractivity contribution in [2.24, 2.45) is 11.8 Å². The average molecular weight is 356 g/mol. The van der Waals surface area contributed by atoms with Gasteiger partial charge in [-0.15, -0.1) is 0 Å². The Hall–Kier alpha value is -1.84. The van der Waals surface area contributed by atoms with Crippen molar-refractivity contribution < 1.29 is 9.53 Å². The van der Waals surface area contributed by atoms with E-state index in [0.717, 1.165) is 18.7 Å². The highest BCUT2D eigenvalue weighted by atomic mass is 35.5. The van der Waals surface area contributed by atoms with Gasteiger partial charge in [0.05, 0.1) is 23.3 Å². The normalized spacial score (nSPS) is 23.2. The molecule has 2 aromatic carbocycles. The van der Waals surface area contributed by atoms with E-state index in [9.17, 15) is 4.79 Å². The van der Waals surface area contributed by atoms with Crippen molar-refractivity contribution >= 4 is 23.2 Å². The Morgan fingerprint density at radius 2 is 1.92 bits per heavy atom. The van der Waals surface area contributed by atoms with Crippen LogP contribution in [0.25, 0.3) is 0 Å². The van der Waals surface area contributed by atoms with E-state index in [4.69, 9.17) is 16.3 Å². The lowest BCUT2D eigenvalue weighted by atomic mass is 9.86. The Labute approximate surface area is 154 Å². The first-order chi connectivity index (χ1) is 12.0. The van der Waals surface area contributed by atoms with Crippen molar-refractivity contribution in [2.75, 3.05) is 11.9 Å². The zero-order valence-corrected chi connectivity index (χ0v) is 15.2. The summed E-state index contributed by atoms with van der Waals surface area (Å²) < 4.78 is 5.78. The Bertz CT molecular complexity index is 729. The summed E-state index contributed by atoms with van der Waals surface area (Å²) in [6.07, 6.45) is 4.73. The van der Waals surface area contributed by atoms with Crippen molar-refractivity contribution in [2.45, 2.75) is 26.4 Å². The van der Waals surface area contributed by atoms with Gasteiger partial charge in [-0.3, -0.25) is 4.79 Å². The van der Waals surface area contributed by atoms with Crippen LogP contribution in [0.2, 0.25) is 5.02 Å². The van der Waals surface area contributed by atoms with Crippen LogP contribution >= 0.6 is 11.6 Å². The molecule has 1 heterocycles. The van der Waals surface area contributed by atoms with Crippen LogP contribution in [0.5, 0.6) is 0 Å². The van der Waals surface area contributed by atoms with Gasteiger partial charge in [-0.25, -0.2) is 0 Å². The third-order valence-electron chi connectivity index (χ3n) is 4.58. The minimum atomic E-state index is -0.205. The number of nitrogens with one attached hydrogen (secondary N) is 1. The van der Waals surface area contributed by atoms with E-state index in [1.165, 1.54) is 5.56 Å². The summed E-state index contributed by atoms with van der Waals surface area (Å²) in [6.45, 7) is 4.95. The predicted octanol–water partition coefficient (Wildman–Crippen LogP) is 4.89. The Morgan fingerprint density at radius 3 is 2.60 bits per heavy atom. The lowest BCUT2D eigenvalue weighted by Crippen LogP contribution is -2.32. The topological polar surface area (TPSA) is 38.3 Å². The maximum atomic E-state index is 12.3. The van der Waals surface area contributed by atoms with Crippen LogP contribution in [0.3, 0.4) is 0 Å². The van der Waals surface area contributed by atoms with Gasteiger partial charge >= 0.3 is 0 Å². The standard InChI is InChI=1S/C21H22ClNO2/c1-14-11-17(13-25-15(14)2)12-16-7-9-18(10-8-16)23-21(24)19-5-3-4-6-20(19)22/h3-10,14-15,17H,12-13H2,1-2H3,(H,23,24). The molecular formula is C21H22ClNO2. The third-order valence-corrected chi connectivity index (χ3v) is 4.90. The molecule has 1 fully saturated rings. The number of hydrogen-bond acceptors (Lipinski definition) is 2. The number of benzene rings is 2. The number of amides is 1. The SMILES string of the molecule is CC1[C]C(Cc2ccc(NC(=O)c3ccccc3Cl)cc2)COC1C. The molecule has 1 aliphatic heterocycles. The van der Waals surface area contributed by atoms with E-state index < -0.39 is 0 Å². The molecule has 0 saturated carbocycles. The second-order valence-electron chi connectivity index (χ2n) is 6.53. The van der Waals surface area contributed by atoms with Crippen LogP contribution in [0.15, 0.2) is 48.5 Å². The molecule has 1 saturated heterocycles.